The normalized spacial score (nSPS) is 17.1. The highest BCUT2D eigenvalue weighted by molar-refractivity contribution is 9.14. The van der Waals surface area contributed by atoms with Crippen LogP contribution < -0.4 is 36.2 Å². The van der Waals surface area contributed by atoms with Crippen LogP contribution in [0.2, 0.25) is 0 Å². The van der Waals surface area contributed by atoms with Crippen LogP contribution in [0.25, 0.3) is 0 Å². The number of halogens is 2. The number of aliphatic hydroxyl groups excluding tert-OH is 1. The molecular weight excluding hydrogens is 1380 g/mol. The third kappa shape index (κ3) is 22.4. The van der Waals surface area contributed by atoms with Crippen molar-refractivity contribution in [3.8, 4) is 5.75 Å². The van der Waals surface area contributed by atoms with Gasteiger partial charge in [0.2, 0.25) is 41.4 Å². The average Bonchev–Trinajstić information content (AvgIpc) is 1.67. The van der Waals surface area contributed by atoms with Gasteiger partial charge < -0.3 is 65.2 Å². The molecule has 0 spiro atoms. The molecule has 0 bridgehead atoms. The average molecular weight is 1480 g/mol. The number of benzene rings is 3. The maximum atomic E-state index is 14.3. The summed E-state index contributed by atoms with van der Waals surface area (Å²) in [6.07, 6.45) is -1.42. The number of hydrogen-bond acceptors (Lipinski definition) is 16. The zero-order valence-electron chi connectivity index (χ0n) is 58.6. The first-order valence-electron chi connectivity index (χ1n) is 32.7. The summed E-state index contributed by atoms with van der Waals surface area (Å²) in [5.41, 5.74) is 0.0941. The second-order valence-electron chi connectivity index (χ2n) is 26.8. The molecule has 10 amide bonds. The smallest absolute Gasteiger partial charge is 0.410 e. The molecule has 5 rings (SSSR count). The Balaban J connectivity index is 1.06. The lowest BCUT2D eigenvalue weighted by atomic mass is 9.90. The third-order valence-corrected chi connectivity index (χ3v) is 19.5. The summed E-state index contributed by atoms with van der Waals surface area (Å²) in [6, 6.07) is 18.3. The molecule has 0 aromatic heterocycles. The topological polar surface area (TPSA) is 310 Å². The monoisotopic (exact) mass is 1480 g/mol. The van der Waals surface area contributed by atoms with E-state index >= 15 is 0 Å². The van der Waals surface area contributed by atoms with Gasteiger partial charge in [0.1, 0.15) is 39.0 Å². The molecule has 2 aliphatic heterocycles. The van der Waals surface area contributed by atoms with Crippen molar-refractivity contribution in [2.24, 2.45) is 23.7 Å². The van der Waals surface area contributed by atoms with Crippen LogP contribution in [0.1, 0.15) is 132 Å². The number of nitrogens with zero attached hydrogens (tertiary/aromatic N) is 4. The van der Waals surface area contributed by atoms with Gasteiger partial charge in [-0.3, -0.25) is 48.1 Å². The van der Waals surface area contributed by atoms with E-state index in [2.05, 4.69) is 58.4 Å². The number of aliphatic hydroxyl groups is 1. The predicted molar refractivity (Wildman–Crippen MR) is 373 cm³/mol. The van der Waals surface area contributed by atoms with Gasteiger partial charge in [0.05, 0.1) is 86.2 Å². The standard InChI is InChI=1S/C70H99Br2N9O16/c1-17-42(6)60(51(93-15)34-54(84)80-33-21-24-50(80)62(94-16)43(7)63(87)75-44(8)61(86)46-22-19-18-20-23-46)78(13)55(85)37-74-65(89)59(41(4)5)79(14)68(92)95-38-45-25-27-47(28-26-45)76-53(83)36-73-64(88)58(40(2)3)77-52(82)35-69(9,10)96-39-70(11,12)97-49-31-29-48(30-32-49)81-66(90)56(71)57(72)67(81)91/h18-20,22-23,25-32,40-44,50-51,58-62,86H,17,21,24,33-39H2,1-16H3,(H,73,88)(H,74,89)(H,75,87)(H,76,83)(H,77,82)/t42?,43-,44-,50+,51-,58?,59?,60?,61-,62-/m1/s1. The zero-order valence-corrected chi connectivity index (χ0v) is 61.8. The molecule has 10 atom stereocenters. The van der Waals surface area contributed by atoms with Crippen molar-refractivity contribution in [2.75, 3.05) is 64.8 Å². The van der Waals surface area contributed by atoms with E-state index in [1.54, 1.807) is 142 Å². The highest BCUT2D eigenvalue weighted by Crippen LogP contribution is 2.35. The molecule has 6 N–H and O–H groups in total. The molecule has 0 radical (unpaired) electrons. The van der Waals surface area contributed by atoms with Crippen LogP contribution in [0.5, 0.6) is 5.75 Å². The van der Waals surface area contributed by atoms with Crippen LogP contribution in [0.4, 0.5) is 16.2 Å². The van der Waals surface area contributed by atoms with Crippen LogP contribution >= 0.6 is 31.9 Å². The lowest BCUT2D eigenvalue weighted by Crippen LogP contribution is -2.56. The molecule has 1 saturated heterocycles. The van der Waals surface area contributed by atoms with E-state index in [0.29, 0.717) is 54.1 Å². The van der Waals surface area contributed by atoms with Crippen LogP contribution in [0.3, 0.4) is 0 Å². The Kier molecular flexibility index (Phi) is 30.3. The van der Waals surface area contributed by atoms with E-state index in [-0.39, 0.29) is 58.7 Å². The maximum absolute atomic E-state index is 14.3. The number of nitrogens with one attached hydrogen (secondary N) is 5. The van der Waals surface area contributed by atoms with Gasteiger partial charge in [-0.1, -0.05) is 97.4 Å². The van der Waals surface area contributed by atoms with E-state index in [0.717, 1.165) is 9.80 Å². The van der Waals surface area contributed by atoms with Crippen LogP contribution in [0.15, 0.2) is 87.8 Å². The summed E-state index contributed by atoms with van der Waals surface area (Å²) in [5, 5.41) is 24.6. The number of amides is 10. The number of likely N-dealkylation sites (N-methyl/N-ethyl adjacent to an activating group) is 2. The molecule has 97 heavy (non-hydrogen) atoms. The Hall–Kier alpha value is -7.30. The van der Waals surface area contributed by atoms with Gasteiger partial charge in [-0.25, -0.2) is 9.69 Å². The fraction of sp³-hybridized carbons (Fsp3) is 0.571. The first-order valence-corrected chi connectivity index (χ1v) is 34.3. The van der Waals surface area contributed by atoms with Gasteiger partial charge in [0, 0.05) is 40.5 Å². The van der Waals surface area contributed by atoms with Crippen LogP contribution in [0, 0.1) is 23.7 Å². The van der Waals surface area contributed by atoms with Gasteiger partial charge in [0.25, 0.3) is 11.8 Å². The van der Waals surface area contributed by atoms with Gasteiger partial charge >= 0.3 is 6.09 Å². The van der Waals surface area contributed by atoms with E-state index in [9.17, 15) is 53.1 Å². The summed E-state index contributed by atoms with van der Waals surface area (Å²) in [4.78, 5) is 140. The second-order valence-corrected chi connectivity index (χ2v) is 28.4. The molecule has 534 valence electrons. The van der Waals surface area contributed by atoms with E-state index in [4.69, 9.17) is 23.7 Å². The Morgan fingerprint density at radius 3 is 1.90 bits per heavy atom. The van der Waals surface area contributed by atoms with Crippen molar-refractivity contribution >= 4 is 102 Å². The minimum Gasteiger partial charge on any atom is -0.485 e. The molecule has 2 aliphatic rings. The van der Waals surface area contributed by atoms with Crippen molar-refractivity contribution < 1.29 is 76.7 Å². The number of methoxy groups -OCH3 is 2. The SMILES string of the molecule is CCC(C)C([C@@H](CC(=O)N1CCC[C@H]1[C@H](OC)[C@@H](C)C(=O)N[C@H](C)[C@@H](O)c1ccccc1)OC)N(C)C(=O)CNC(=O)C(C(C)C)N(C)C(=O)OCc1ccc(NC(=O)CNC(=O)C(NC(=O)CC(C)(C)OCC(C)(C)Oc2ccc(N3C(=O)C(Br)=C(Br)C3=O)cc2)C(C)C)cc1. The Morgan fingerprint density at radius 1 is 0.722 bits per heavy atom. The van der Waals surface area contributed by atoms with Gasteiger partial charge in [-0.05, 0) is 145 Å². The van der Waals surface area contributed by atoms with Crippen LogP contribution in [-0.2, 0) is 68.7 Å². The number of carbonyl (C=O) groups excluding carboxylic acids is 10. The lowest BCUT2D eigenvalue weighted by Gasteiger charge is -2.39. The molecule has 4 unspecified atom stereocenters. The van der Waals surface area contributed by atoms with Gasteiger partial charge in [-0.2, -0.15) is 0 Å². The number of rotatable bonds is 35. The molecule has 1 fully saturated rings. The predicted octanol–water partition coefficient (Wildman–Crippen LogP) is 7.67. The lowest BCUT2D eigenvalue weighted by molar-refractivity contribution is -0.146. The second kappa shape index (κ2) is 36.5. The fourth-order valence-corrected chi connectivity index (χ4v) is 12.5. The molecule has 27 heteroatoms. The van der Waals surface area contributed by atoms with E-state index in [1.807, 2.05) is 32.0 Å². The van der Waals surface area contributed by atoms with E-state index in [1.165, 1.54) is 26.2 Å². The minimum absolute atomic E-state index is 0.0646. The number of imide groups is 1. The third-order valence-electron chi connectivity index (χ3n) is 17.5. The summed E-state index contributed by atoms with van der Waals surface area (Å²) in [6.45, 7) is 21.0. The quantitative estimate of drug-likeness (QED) is 0.0308. The van der Waals surface area contributed by atoms with Crippen molar-refractivity contribution in [3.63, 3.8) is 0 Å². The maximum Gasteiger partial charge on any atom is 0.410 e. The number of hydrogen-bond donors (Lipinski definition) is 6. The number of carbonyl (C=O) groups is 10. The molecule has 0 aliphatic carbocycles. The molecule has 3 aromatic rings. The summed E-state index contributed by atoms with van der Waals surface area (Å²) < 4.78 is 30.1. The largest absolute Gasteiger partial charge is 0.485 e. The Bertz CT molecular complexity index is 3240. The summed E-state index contributed by atoms with van der Waals surface area (Å²) in [7, 11) is 6.03. The fourth-order valence-electron chi connectivity index (χ4n) is 11.8. The number of anilines is 2. The molecule has 0 saturated carbocycles. The highest BCUT2D eigenvalue weighted by atomic mass is 79.9. The van der Waals surface area contributed by atoms with Crippen molar-refractivity contribution in [1.29, 1.82) is 0 Å². The minimum atomic E-state index is -1.04. The van der Waals surface area contributed by atoms with Gasteiger partial charge in [0.15, 0.2) is 0 Å². The van der Waals surface area contributed by atoms with Crippen LogP contribution in [-0.4, -0.2) is 187 Å². The summed E-state index contributed by atoms with van der Waals surface area (Å²) in [5.74, 6) is -5.30. The number of ether oxygens (including phenoxy) is 5. The van der Waals surface area contributed by atoms with Crippen molar-refractivity contribution in [1.82, 2.24) is 36.0 Å². The number of likely N-dealkylation sites (tertiary alicyclic amines) is 1. The van der Waals surface area contributed by atoms with Crippen molar-refractivity contribution in [3.05, 3.63) is 99.0 Å². The molecule has 3 aromatic carbocycles. The highest BCUT2D eigenvalue weighted by Gasteiger charge is 2.44. The van der Waals surface area contributed by atoms with E-state index < -0.39 is 132 Å². The molecular formula is C70H99Br2N9O16. The Morgan fingerprint density at radius 2 is 1.33 bits per heavy atom. The molecule has 25 nitrogen and oxygen atoms in total. The zero-order chi connectivity index (χ0) is 72.4. The van der Waals surface area contributed by atoms with Crippen molar-refractivity contribution in [2.45, 2.75) is 182 Å². The Labute approximate surface area is 586 Å². The first-order chi connectivity index (χ1) is 45.6. The summed E-state index contributed by atoms with van der Waals surface area (Å²) >= 11 is 6.26. The van der Waals surface area contributed by atoms with Gasteiger partial charge in [-0.15, -0.1) is 0 Å². The first kappa shape index (κ1) is 80.4. The molecule has 2 heterocycles.